The predicted octanol–water partition coefficient (Wildman–Crippen LogP) is 0.566. The van der Waals surface area contributed by atoms with Crippen molar-refractivity contribution in [3.05, 3.63) is 58.4 Å². The number of aromatic nitrogens is 1. The van der Waals surface area contributed by atoms with Crippen molar-refractivity contribution in [2.24, 2.45) is 0 Å². The van der Waals surface area contributed by atoms with Gasteiger partial charge in [0.2, 0.25) is 0 Å². The number of H-pyrrole nitrogens is 1. The van der Waals surface area contributed by atoms with Gasteiger partial charge in [-0.05, 0) is 47.0 Å². The number of aromatic amines is 1. The van der Waals surface area contributed by atoms with Crippen LogP contribution in [0.4, 0.5) is 0 Å². The SMILES string of the molecule is [Cl-].c1ccc2c(CCNCc3ccsc3)c[nH]c2c1. The molecule has 0 atom stereocenters. The number of nitrogens with one attached hydrogen (secondary N) is 2. The highest BCUT2D eigenvalue weighted by molar-refractivity contribution is 7.07. The maximum Gasteiger partial charge on any atom is 0.0456 e. The molecular weight excluding hydrogens is 276 g/mol. The predicted molar refractivity (Wildman–Crippen MR) is 78.0 cm³/mol. The van der Waals surface area contributed by atoms with Gasteiger partial charge in [0, 0.05) is 23.6 Å². The van der Waals surface area contributed by atoms with E-state index in [1.807, 2.05) is 0 Å². The van der Waals surface area contributed by atoms with E-state index in [-0.39, 0.29) is 12.4 Å². The van der Waals surface area contributed by atoms with Crippen LogP contribution >= 0.6 is 11.3 Å². The van der Waals surface area contributed by atoms with Crippen molar-refractivity contribution in [1.29, 1.82) is 0 Å². The van der Waals surface area contributed by atoms with E-state index in [0.29, 0.717) is 0 Å². The summed E-state index contributed by atoms with van der Waals surface area (Å²) in [5.74, 6) is 0. The molecular formula is C15H16ClN2S-. The van der Waals surface area contributed by atoms with Crippen LogP contribution in [0.5, 0.6) is 0 Å². The third kappa shape index (κ3) is 3.38. The molecule has 3 aromatic rings. The Morgan fingerprint density at radius 3 is 2.89 bits per heavy atom. The lowest BCUT2D eigenvalue weighted by atomic mass is 10.1. The minimum Gasteiger partial charge on any atom is -1.00 e. The molecule has 0 saturated heterocycles. The van der Waals surface area contributed by atoms with E-state index in [1.165, 1.54) is 22.0 Å². The smallest absolute Gasteiger partial charge is 0.0456 e. The van der Waals surface area contributed by atoms with E-state index in [4.69, 9.17) is 0 Å². The molecule has 0 unspecified atom stereocenters. The molecule has 0 amide bonds. The molecule has 0 aliphatic rings. The number of para-hydroxylation sites is 1. The Labute approximate surface area is 123 Å². The number of thiophene rings is 1. The summed E-state index contributed by atoms with van der Waals surface area (Å²) in [6.07, 6.45) is 3.19. The Balaban J connectivity index is 0.00000133. The van der Waals surface area contributed by atoms with Crippen LogP contribution in [0, 0.1) is 0 Å². The number of rotatable bonds is 5. The number of hydrogen-bond donors (Lipinski definition) is 2. The van der Waals surface area contributed by atoms with E-state index >= 15 is 0 Å². The lowest BCUT2D eigenvalue weighted by molar-refractivity contribution is -0.00000358. The first kappa shape index (κ1) is 14.1. The monoisotopic (exact) mass is 291 g/mol. The van der Waals surface area contributed by atoms with E-state index < -0.39 is 0 Å². The van der Waals surface area contributed by atoms with Gasteiger partial charge in [-0.3, -0.25) is 0 Å². The van der Waals surface area contributed by atoms with Crippen molar-refractivity contribution >= 4 is 22.2 Å². The van der Waals surface area contributed by atoms with Gasteiger partial charge in [-0.25, -0.2) is 0 Å². The molecule has 0 saturated carbocycles. The molecule has 100 valence electrons. The molecule has 2 heterocycles. The first-order valence-corrected chi connectivity index (χ1v) is 7.14. The zero-order chi connectivity index (χ0) is 12.2. The summed E-state index contributed by atoms with van der Waals surface area (Å²) in [5, 5.41) is 9.14. The van der Waals surface area contributed by atoms with Crippen LogP contribution in [0.2, 0.25) is 0 Å². The van der Waals surface area contributed by atoms with Crippen molar-refractivity contribution in [3.63, 3.8) is 0 Å². The molecule has 0 fully saturated rings. The molecule has 2 aromatic heterocycles. The van der Waals surface area contributed by atoms with E-state index in [2.05, 4.69) is 57.6 Å². The second kappa shape index (κ2) is 6.75. The van der Waals surface area contributed by atoms with Crippen LogP contribution in [0.3, 0.4) is 0 Å². The Morgan fingerprint density at radius 1 is 1.16 bits per heavy atom. The van der Waals surface area contributed by atoms with Gasteiger partial charge in [-0.2, -0.15) is 11.3 Å². The molecule has 0 aliphatic heterocycles. The van der Waals surface area contributed by atoms with Crippen molar-refractivity contribution in [1.82, 2.24) is 10.3 Å². The largest absolute Gasteiger partial charge is 1.00 e. The molecule has 3 rings (SSSR count). The molecule has 4 heteroatoms. The second-order valence-corrected chi connectivity index (χ2v) is 5.20. The lowest BCUT2D eigenvalue weighted by Crippen LogP contribution is -3.00. The summed E-state index contributed by atoms with van der Waals surface area (Å²) in [7, 11) is 0. The summed E-state index contributed by atoms with van der Waals surface area (Å²) >= 11 is 1.75. The van der Waals surface area contributed by atoms with Crippen molar-refractivity contribution in [3.8, 4) is 0 Å². The average molecular weight is 292 g/mol. The van der Waals surface area contributed by atoms with Gasteiger partial charge in [-0.15, -0.1) is 0 Å². The molecule has 2 nitrogen and oxygen atoms in total. The fourth-order valence-corrected chi connectivity index (χ4v) is 2.86. The Kier molecular flexibility index (Phi) is 5.02. The average Bonchev–Trinajstić information content (AvgIpc) is 3.04. The van der Waals surface area contributed by atoms with Crippen molar-refractivity contribution in [2.45, 2.75) is 13.0 Å². The van der Waals surface area contributed by atoms with Gasteiger partial charge in [0.25, 0.3) is 0 Å². The molecule has 0 radical (unpaired) electrons. The maximum atomic E-state index is 3.48. The Morgan fingerprint density at radius 2 is 2.05 bits per heavy atom. The highest BCUT2D eigenvalue weighted by atomic mass is 35.5. The normalized spacial score (nSPS) is 10.5. The Hall–Kier alpha value is -1.29. The van der Waals surface area contributed by atoms with E-state index in [0.717, 1.165) is 19.5 Å². The number of benzene rings is 1. The van der Waals surface area contributed by atoms with Crippen LogP contribution in [-0.2, 0) is 13.0 Å². The minimum absolute atomic E-state index is 0. The summed E-state index contributed by atoms with van der Waals surface area (Å²) in [6, 6.07) is 10.6. The number of hydrogen-bond acceptors (Lipinski definition) is 2. The van der Waals surface area contributed by atoms with Gasteiger partial charge >= 0.3 is 0 Å². The quantitative estimate of drug-likeness (QED) is 0.661. The zero-order valence-electron chi connectivity index (χ0n) is 10.5. The third-order valence-corrected chi connectivity index (χ3v) is 3.89. The summed E-state index contributed by atoms with van der Waals surface area (Å²) in [4.78, 5) is 3.32. The van der Waals surface area contributed by atoms with Crippen LogP contribution < -0.4 is 17.7 Å². The van der Waals surface area contributed by atoms with Gasteiger partial charge in [0.1, 0.15) is 0 Å². The summed E-state index contributed by atoms with van der Waals surface area (Å²) < 4.78 is 0. The van der Waals surface area contributed by atoms with E-state index in [9.17, 15) is 0 Å². The number of halogens is 1. The first-order valence-electron chi connectivity index (χ1n) is 6.20. The van der Waals surface area contributed by atoms with Gasteiger partial charge in [-0.1, -0.05) is 18.2 Å². The maximum absolute atomic E-state index is 3.48. The van der Waals surface area contributed by atoms with E-state index in [1.54, 1.807) is 11.3 Å². The van der Waals surface area contributed by atoms with Gasteiger partial charge < -0.3 is 22.7 Å². The standard InChI is InChI=1S/C15H16N2S.ClH/c1-2-4-15-14(3-1)13(10-17-15)5-7-16-9-12-6-8-18-11-12;/h1-4,6,8,10-11,16-17H,5,7,9H2;1H/p-1. The Bertz CT molecular complexity index is 616. The fraction of sp³-hybridized carbons (Fsp3) is 0.200. The van der Waals surface area contributed by atoms with Crippen LogP contribution in [0.25, 0.3) is 10.9 Å². The molecule has 0 spiro atoms. The zero-order valence-corrected chi connectivity index (χ0v) is 12.1. The second-order valence-electron chi connectivity index (χ2n) is 4.42. The molecule has 0 bridgehead atoms. The topological polar surface area (TPSA) is 27.8 Å². The van der Waals surface area contributed by atoms with Gasteiger partial charge in [0.05, 0.1) is 0 Å². The van der Waals surface area contributed by atoms with Crippen molar-refractivity contribution in [2.75, 3.05) is 6.54 Å². The van der Waals surface area contributed by atoms with Crippen LogP contribution in [0.15, 0.2) is 47.3 Å². The summed E-state index contributed by atoms with van der Waals surface area (Å²) in [6.45, 7) is 1.98. The minimum atomic E-state index is 0. The molecule has 1 aromatic carbocycles. The highest BCUT2D eigenvalue weighted by Crippen LogP contribution is 2.17. The molecule has 2 N–H and O–H groups in total. The highest BCUT2D eigenvalue weighted by Gasteiger charge is 2.02. The van der Waals surface area contributed by atoms with Crippen LogP contribution in [0.1, 0.15) is 11.1 Å². The fourth-order valence-electron chi connectivity index (χ4n) is 2.19. The molecule has 0 aliphatic carbocycles. The number of fused-ring (bicyclic) bond motifs is 1. The van der Waals surface area contributed by atoms with Gasteiger partial charge in [0.15, 0.2) is 0 Å². The summed E-state index contributed by atoms with van der Waals surface area (Å²) in [5.41, 5.74) is 3.99. The lowest BCUT2D eigenvalue weighted by Gasteiger charge is -2.02. The first-order chi connectivity index (χ1) is 8.93. The van der Waals surface area contributed by atoms with Crippen LogP contribution in [-0.4, -0.2) is 11.5 Å². The third-order valence-electron chi connectivity index (χ3n) is 3.16. The molecule has 19 heavy (non-hydrogen) atoms. The van der Waals surface area contributed by atoms with Crippen molar-refractivity contribution < 1.29 is 12.4 Å².